The predicted octanol–water partition coefficient (Wildman–Crippen LogP) is 5.84. The van der Waals surface area contributed by atoms with Crippen molar-refractivity contribution in [1.82, 2.24) is 25.6 Å². The summed E-state index contributed by atoms with van der Waals surface area (Å²) in [5.74, 6) is -4.64. The number of carbonyl (C=O) groups excluding carboxylic acids is 3. The number of amides is 3. The molecule has 1 atom stereocenters. The highest BCUT2D eigenvalue weighted by Crippen LogP contribution is 2.48. The number of nitrogens with zero attached hydrogens (tertiary/aromatic N) is 3. The second-order valence-corrected chi connectivity index (χ2v) is 13.4. The standard InChI is InChI=1S/C39H34ClF3N8O6/c40-27-13-11-26(12-14-27)38(17-18-38)51-36-48-35(49-37(50-36)57-22-39(41,42)43)46-28-15-9-25(10-16-28)31(52)47-30(34(55)56)21-44-32(53)33(54)45-29-8-4-7-24(20-29)19-23-5-2-1-3-6-23/h1-16,20,30H,17-19,21-22H2,(H,44,53)(H,45,54)(H,47,52)(H,55,56)(H2,46,48,49,50,51)/t30-/m0/s1. The molecule has 0 unspecified atom stereocenters. The van der Waals surface area contributed by atoms with Crippen molar-refractivity contribution in [2.24, 2.45) is 0 Å². The number of aromatic nitrogens is 3. The van der Waals surface area contributed by atoms with Crippen LogP contribution in [0.3, 0.4) is 0 Å². The molecular formula is C39H34ClF3N8O6. The van der Waals surface area contributed by atoms with Crippen LogP contribution in [0.4, 0.5) is 36.4 Å². The van der Waals surface area contributed by atoms with E-state index in [2.05, 4.69) is 41.5 Å². The fraction of sp³-hybridized carbons (Fsp3) is 0.205. The van der Waals surface area contributed by atoms with E-state index in [9.17, 15) is 37.5 Å². The van der Waals surface area contributed by atoms with Crippen molar-refractivity contribution in [2.45, 2.75) is 37.0 Å². The third kappa shape index (κ3) is 11.4. The molecule has 1 fully saturated rings. The summed E-state index contributed by atoms with van der Waals surface area (Å²) in [7, 11) is 0. The zero-order valence-electron chi connectivity index (χ0n) is 29.8. The lowest BCUT2D eigenvalue weighted by Gasteiger charge is -2.19. The third-order valence-corrected chi connectivity index (χ3v) is 8.85. The van der Waals surface area contributed by atoms with Crippen LogP contribution in [0.25, 0.3) is 0 Å². The minimum absolute atomic E-state index is 0.0251. The molecule has 3 amide bonds. The molecule has 14 nitrogen and oxygen atoms in total. The lowest BCUT2D eigenvalue weighted by molar-refractivity contribution is -0.154. The Balaban J connectivity index is 1.05. The van der Waals surface area contributed by atoms with Crippen LogP contribution in [-0.4, -0.2) is 69.1 Å². The number of nitrogens with one attached hydrogen (secondary N) is 5. The molecule has 1 aromatic heterocycles. The lowest BCUT2D eigenvalue weighted by Crippen LogP contribution is -2.50. The van der Waals surface area contributed by atoms with E-state index in [0.29, 0.717) is 35.7 Å². The van der Waals surface area contributed by atoms with Crippen molar-refractivity contribution >= 4 is 58.6 Å². The Hall–Kier alpha value is -6.75. The number of anilines is 4. The van der Waals surface area contributed by atoms with Gasteiger partial charge in [0.2, 0.25) is 11.9 Å². The van der Waals surface area contributed by atoms with Crippen molar-refractivity contribution in [1.29, 1.82) is 0 Å². The van der Waals surface area contributed by atoms with E-state index in [-0.39, 0.29) is 17.5 Å². The molecule has 0 bridgehead atoms. The Bertz CT molecular complexity index is 2240. The van der Waals surface area contributed by atoms with Gasteiger partial charge in [-0.1, -0.05) is 66.2 Å². The zero-order valence-corrected chi connectivity index (χ0v) is 30.5. The first kappa shape index (κ1) is 39.9. The molecule has 1 saturated carbocycles. The molecule has 0 saturated heterocycles. The number of ether oxygens (including phenoxy) is 1. The minimum atomic E-state index is -4.65. The Kier molecular flexibility index (Phi) is 12.2. The Morgan fingerprint density at radius 1 is 0.807 bits per heavy atom. The molecule has 57 heavy (non-hydrogen) atoms. The van der Waals surface area contributed by atoms with Gasteiger partial charge in [0, 0.05) is 28.5 Å². The van der Waals surface area contributed by atoms with Gasteiger partial charge in [-0.2, -0.15) is 28.1 Å². The van der Waals surface area contributed by atoms with Gasteiger partial charge in [0.1, 0.15) is 6.04 Å². The zero-order chi connectivity index (χ0) is 40.6. The van der Waals surface area contributed by atoms with E-state index in [4.69, 9.17) is 16.3 Å². The van der Waals surface area contributed by atoms with Crippen molar-refractivity contribution in [3.05, 3.63) is 130 Å². The van der Waals surface area contributed by atoms with Crippen molar-refractivity contribution in [3.8, 4) is 6.01 Å². The number of halogens is 4. The van der Waals surface area contributed by atoms with E-state index < -0.39 is 60.6 Å². The third-order valence-electron chi connectivity index (χ3n) is 8.59. The molecule has 0 spiro atoms. The van der Waals surface area contributed by atoms with Crippen LogP contribution in [-0.2, 0) is 26.3 Å². The summed E-state index contributed by atoms with van der Waals surface area (Å²) in [6.07, 6.45) is -2.66. The monoisotopic (exact) mass is 802 g/mol. The molecule has 1 aliphatic rings. The quantitative estimate of drug-likeness (QED) is 0.0696. The number of carboxylic acids is 1. The number of hydrogen-bond acceptors (Lipinski definition) is 10. The van der Waals surface area contributed by atoms with E-state index in [1.807, 2.05) is 48.5 Å². The maximum atomic E-state index is 13.0. The first-order chi connectivity index (χ1) is 27.2. The van der Waals surface area contributed by atoms with Crippen molar-refractivity contribution in [2.75, 3.05) is 29.1 Å². The Morgan fingerprint density at radius 3 is 2.16 bits per heavy atom. The van der Waals surface area contributed by atoms with Gasteiger partial charge in [0.05, 0.1) is 5.54 Å². The molecule has 0 radical (unpaired) electrons. The van der Waals surface area contributed by atoms with Gasteiger partial charge in [0.15, 0.2) is 6.61 Å². The fourth-order valence-electron chi connectivity index (χ4n) is 5.60. The topological polar surface area (TPSA) is 197 Å². The summed E-state index contributed by atoms with van der Waals surface area (Å²) in [5.41, 5.74) is 2.96. The SMILES string of the molecule is O=C(NC[C@H](NC(=O)c1ccc(Nc2nc(NC3(c4ccc(Cl)cc4)CC3)nc(OCC(F)(F)F)n2)cc1)C(=O)O)C(=O)Nc1cccc(Cc2ccccc2)c1. The molecule has 6 N–H and O–H groups in total. The molecule has 1 heterocycles. The van der Waals surface area contributed by atoms with Gasteiger partial charge in [-0.25, -0.2) is 4.79 Å². The van der Waals surface area contributed by atoms with Gasteiger partial charge >= 0.3 is 30.0 Å². The van der Waals surface area contributed by atoms with E-state index in [1.165, 1.54) is 24.3 Å². The normalized spacial score (nSPS) is 13.4. The average Bonchev–Trinajstić information content (AvgIpc) is 3.96. The highest BCUT2D eigenvalue weighted by Gasteiger charge is 2.45. The van der Waals surface area contributed by atoms with Crippen molar-refractivity contribution in [3.63, 3.8) is 0 Å². The molecule has 294 valence electrons. The number of carbonyl (C=O) groups is 4. The molecule has 4 aromatic carbocycles. The molecule has 5 aromatic rings. The predicted molar refractivity (Wildman–Crippen MR) is 203 cm³/mol. The molecule has 0 aliphatic heterocycles. The highest BCUT2D eigenvalue weighted by atomic mass is 35.5. The van der Waals surface area contributed by atoms with Crippen LogP contribution in [0, 0.1) is 0 Å². The lowest BCUT2D eigenvalue weighted by atomic mass is 10.0. The van der Waals surface area contributed by atoms with E-state index in [0.717, 1.165) is 16.7 Å². The number of alkyl halides is 3. The maximum absolute atomic E-state index is 13.0. The van der Waals surface area contributed by atoms with Gasteiger partial charge in [-0.05, 0) is 84.5 Å². The summed E-state index contributed by atoms with van der Waals surface area (Å²) in [6, 6.07) is 27.0. The Morgan fingerprint density at radius 2 is 1.49 bits per heavy atom. The van der Waals surface area contributed by atoms with Crippen molar-refractivity contribution < 1.29 is 42.2 Å². The summed E-state index contributed by atoms with van der Waals surface area (Å²) in [4.78, 5) is 62.3. The fourth-order valence-corrected chi connectivity index (χ4v) is 5.73. The summed E-state index contributed by atoms with van der Waals surface area (Å²) >= 11 is 6.03. The highest BCUT2D eigenvalue weighted by molar-refractivity contribution is 6.39. The largest absolute Gasteiger partial charge is 0.480 e. The summed E-state index contributed by atoms with van der Waals surface area (Å²) in [5, 5.41) is 23.3. The van der Waals surface area contributed by atoms with Crippen LogP contribution in [0.1, 0.15) is 39.9 Å². The summed E-state index contributed by atoms with van der Waals surface area (Å²) < 4.78 is 43.7. The number of aliphatic carboxylic acids is 1. The van der Waals surface area contributed by atoms with Crippen LogP contribution in [0.5, 0.6) is 6.01 Å². The van der Waals surface area contributed by atoms with Crippen LogP contribution >= 0.6 is 11.6 Å². The van der Waals surface area contributed by atoms with Gasteiger partial charge in [-0.15, -0.1) is 0 Å². The van der Waals surface area contributed by atoms with E-state index in [1.54, 1.807) is 30.3 Å². The van der Waals surface area contributed by atoms with Crippen LogP contribution in [0.2, 0.25) is 5.02 Å². The second-order valence-electron chi connectivity index (χ2n) is 13.0. The van der Waals surface area contributed by atoms with Gasteiger partial charge < -0.3 is 36.4 Å². The number of rotatable bonds is 15. The number of carboxylic acid groups (broad SMARTS) is 1. The van der Waals surface area contributed by atoms with E-state index >= 15 is 0 Å². The average molecular weight is 803 g/mol. The summed E-state index contributed by atoms with van der Waals surface area (Å²) in [6.45, 7) is -2.24. The first-order valence-corrected chi connectivity index (χ1v) is 17.7. The maximum Gasteiger partial charge on any atom is 0.422 e. The van der Waals surface area contributed by atoms with Gasteiger partial charge in [-0.3, -0.25) is 14.4 Å². The minimum Gasteiger partial charge on any atom is -0.480 e. The first-order valence-electron chi connectivity index (χ1n) is 17.4. The second kappa shape index (κ2) is 17.4. The molecule has 18 heteroatoms. The molecular weight excluding hydrogens is 769 g/mol. The molecule has 1 aliphatic carbocycles. The van der Waals surface area contributed by atoms with Gasteiger partial charge in [0.25, 0.3) is 5.91 Å². The number of hydrogen-bond donors (Lipinski definition) is 6. The van der Waals surface area contributed by atoms with Crippen LogP contribution < -0.4 is 31.3 Å². The smallest absolute Gasteiger partial charge is 0.422 e. The Labute approximate surface area is 328 Å². The van der Waals surface area contributed by atoms with Crippen LogP contribution in [0.15, 0.2) is 103 Å². The molecule has 6 rings (SSSR count). The number of benzene rings is 4.